The first-order valence-corrected chi connectivity index (χ1v) is 9.73. The molecule has 2 heterocycles. The number of nitrogens with zero attached hydrogens (tertiary/aromatic N) is 3. The van der Waals surface area contributed by atoms with Crippen LogP contribution in [0.3, 0.4) is 0 Å². The molecule has 26 heavy (non-hydrogen) atoms. The minimum absolute atomic E-state index is 0.0553. The zero-order valence-corrected chi connectivity index (χ0v) is 17.9. The number of anilines is 1. The van der Waals surface area contributed by atoms with Gasteiger partial charge in [0.05, 0.1) is 4.47 Å². The highest BCUT2D eigenvalue weighted by molar-refractivity contribution is 9.10. The standard InChI is InChI=1S/C18H23BrClN3O3/c1-10-9-22(17(24)26-18(3,4)5)6-7-23(10)16-21-13-8-12(20)11(2)14(19)15(13)25-16/h8,10H,6-7,9H2,1-5H3. The maximum Gasteiger partial charge on any atom is 0.410 e. The Kier molecular flexibility index (Phi) is 5.14. The summed E-state index contributed by atoms with van der Waals surface area (Å²) >= 11 is 9.77. The lowest BCUT2D eigenvalue weighted by Crippen LogP contribution is -2.54. The van der Waals surface area contributed by atoms with E-state index in [1.165, 1.54) is 0 Å². The number of oxazole rings is 1. The minimum atomic E-state index is -0.499. The number of aromatic nitrogens is 1. The minimum Gasteiger partial charge on any atom is -0.444 e. The van der Waals surface area contributed by atoms with Crippen molar-refractivity contribution in [2.24, 2.45) is 0 Å². The van der Waals surface area contributed by atoms with Gasteiger partial charge in [0.15, 0.2) is 5.58 Å². The second-order valence-electron chi connectivity index (χ2n) is 7.61. The summed E-state index contributed by atoms with van der Waals surface area (Å²) in [5, 5.41) is 0.645. The molecule has 1 atom stereocenters. The molecule has 0 bridgehead atoms. The van der Waals surface area contributed by atoms with E-state index in [1.54, 1.807) is 4.90 Å². The Morgan fingerprint density at radius 2 is 2.12 bits per heavy atom. The maximum atomic E-state index is 12.3. The average Bonchev–Trinajstić information content (AvgIpc) is 2.94. The Morgan fingerprint density at radius 1 is 1.42 bits per heavy atom. The summed E-state index contributed by atoms with van der Waals surface area (Å²) < 4.78 is 12.3. The van der Waals surface area contributed by atoms with Crippen LogP contribution >= 0.6 is 27.5 Å². The number of benzene rings is 1. The number of piperazine rings is 1. The Morgan fingerprint density at radius 3 is 2.73 bits per heavy atom. The molecule has 1 aliphatic rings. The molecule has 1 amide bonds. The molecule has 8 heteroatoms. The van der Waals surface area contributed by atoms with Crippen LogP contribution < -0.4 is 4.90 Å². The number of amides is 1. The second kappa shape index (κ2) is 6.93. The highest BCUT2D eigenvalue weighted by Gasteiger charge is 2.32. The number of fused-ring (bicyclic) bond motifs is 1. The Labute approximate surface area is 166 Å². The summed E-state index contributed by atoms with van der Waals surface area (Å²) in [6, 6.07) is 2.41. The predicted molar refractivity (Wildman–Crippen MR) is 106 cm³/mol. The van der Waals surface area contributed by atoms with Gasteiger partial charge in [-0.3, -0.25) is 0 Å². The first kappa shape index (κ1) is 19.3. The fourth-order valence-electron chi connectivity index (χ4n) is 2.94. The van der Waals surface area contributed by atoms with Gasteiger partial charge in [-0.15, -0.1) is 0 Å². The molecule has 0 radical (unpaired) electrons. The molecular weight excluding hydrogens is 422 g/mol. The van der Waals surface area contributed by atoms with E-state index >= 15 is 0 Å². The van der Waals surface area contributed by atoms with E-state index in [2.05, 4.69) is 25.8 Å². The van der Waals surface area contributed by atoms with Crippen LogP contribution in [0.25, 0.3) is 11.1 Å². The summed E-state index contributed by atoms with van der Waals surface area (Å²) in [5.41, 5.74) is 1.82. The third kappa shape index (κ3) is 3.78. The molecule has 142 valence electrons. The molecule has 6 nitrogen and oxygen atoms in total. The molecule has 0 spiro atoms. The Hall–Kier alpha value is -1.47. The first-order valence-electron chi connectivity index (χ1n) is 8.56. The Bertz CT molecular complexity index is 846. The molecule has 1 aliphatic heterocycles. The van der Waals surface area contributed by atoms with Crippen molar-refractivity contribution >= 4 is 50.7 Å². The fraction of sp³-hybridized carbons (Fsp3) is 0.556. The van der Waals surface area contributed by atoms with Gasteiger partial charge in [-0.2, -0.15) is 4.98 Å². The highest BCUT2D eigenvalue weighted by atomic mass is 79.9. The van der Waals surface area contributed by atoms with Crippen molar-refractivity contribution in [3.63, 3.8) is 0 Å². The van der Waals surface area contributed by atoms with Crippen LogP contribution in [0, 0.1) is 6.92 Å². The summed E-state index contributed by atoms with van der Waals surface area (Å²) in [7, 11) is 0. The van der Waals surface area contributed by atoms with Gasteiger partial charge in [-0.25, -0.2) is 4.79 Å². The Balaban J connectivity index is 1.79. The number of carbonyl (C=O) groups is 1. The van der Waals surface area contributed by atoms with Crippen molar-refractivity contribution in [2.45, 2.75) is 46.3 Å². The van der Waals surface area contributed by atoms with Gasteiger partial charge in [0, 0.05) is 30.7 Å². The van der Waals surface area contributed by atoms with Crippen LogP contribution in [0.4, 0.5) is 10.8 Å². The van der Waals surface area contributed by atoms with Crippen LogP contribution in [0.5, 0.6) is 0 Å². The van der Waals surface area contributed by atoms with E-state index < -0.39 is 5.60 Å². The molecule has 1 fully saturated rings. The van der Waals surface area contributed by atoms with Crippen LogP contribution in [0.15, 0.2) is 15.0 Å². The molecule has 1 unspecified atom stereocenters. The fourth-order valence-corrected chi connectivity index (χ4v) is 3.75. The molecule has 0 aliphatic carbocycles. The number of ether oxygens (including phenoxy) is 1. The van der Waals surface area contributed by atoms with E-state index in [1.807, 2.05) is 40.7 Å². The zero-order chi connectivity index (χ0) is 19.2. The highest BCUT2D eigenvalue weighted by Crippen LogP contribution is 2.35. The normalized spacial score (nSPS) is 18.5. The third-order valence-electron chi connectivity index (χ3n) is 4.32. The van der Waals surface area contributed by atoms with Gasteiger partial charge < -0.3 is 19.0 Å². The summed E-state index contributed by atoms with van der Waals surface area (Å²) in [6.07, 6.45) is -0.285. The first-order chi connectivity index (χ1) is 12.1. The largest absolute Gasteiger partial charge is 0.444 e. The molecule has 1 aromatic carbocycles. The van der Waals surface area contributed by atoms with Crippen molar-refractivity contribution in [1.82, 2.24) is 9.88 Å². The van der Waals surface area contributed by atoms with Crippen molar-refractivity contribution < 1.29 is 13.9 Å². The van der Waals surface area contributed by atoms with Gasteiger partial charge in [-0.05, 0) is 62.2 Å². The van der Waals surface area contributed by atoms with Crippen LogP contribution in [0.2, 0.25) is 5.02 Å². The van der Waals surface area contributed by atoms with Crippen LogP contribution in [-0.4, -0.2) is 47.3 Å². The molecule has 3 rings (SSSR count). The lowest BCUT2D eigenvalue weighted by Gasteiger charge is -2.39. The van der Waals surface area contributed by atoms with E-state index in [0.29, 0.717) is 41.8 Å². The SMILES string of the molecule is Cc1c(Cl)cc2nc(N3CCN(C(=O)OC(C)(C)C)CC3C)oc2c1Br. The molecule has 1 saturated heterocycles. The van der Waals surface area contributed by atoms with Crippen molar-refractivity contribution in [2.75, 3.05) is 24.5 Å². The van der Waals surface area contributed by atoms with Crippen LogP contribution in [-0.2, 0) is 4.74 Å². The van der Waals surface area contributed by atoms with Crippen molar-refractivity contribution in [3.05, 3.63) is 21.1 Å². The number of hydrogen-bond acceptors (Lipinski definition) is 5. The van der Waals surface area contributed by atoms with E-state index in [-0.39, 0.29) is 12.1 Å². The maximum absolute atomic E-state index is 12.3. The molecule has 0 saturated carbocycles. The lowest BCUT2D eigenvalue weighted by molar-refractivity contribution is 0.0216. The number of rotatable bonds is 1. The summed E-state index contributed by atoms with van der Waals surface area (Å²) in [5.74, 6) is 0. The van der Waals surface area contributed by atoms with Crippen molar-refractivity contribution in [3.8, 4) is 0 Å². The topological polar surface area (TPSA) is 58.8 Å². The molecule has 2 aromatic rings. The van der Waals surface area contributed by atoms with Gasteiger partial charge in [0.2, 0.25) is 0 Å². The third-order valence-corrected chi connectivity index (χ3v) is 5.66. The number of hydrogen-bond donors (Lipinski definition) is 0. The summed E-state index contributed by atoms with van der Waals surface area (Å²) in [4.78, 5) is 20.7. The number of halogens is 2. The smallest absolute Gasteiger partial charge is 0.410 e. The molecule has 1 aromatic heterocycles. The molecular formula is C18H23BrClN3O3. The van der Waals surface area contributed by atoms with Crippen molar-refractivity contribution in [1.29, 1.82) is 0 Å². The predicted octanol–water partition coefficient (Wildman–Crippen LogP) is 5.00. The van der Waals surface area contributed by atoms with E-state index in [0.717, 1.165) is 10.0 Å². The van der Waals surface area contributed by atoms with Gasteiger partial charge in [-0.1, -0.05) is 11.6 Å². The van der Waals surface area contributed by atoms with E-state index in [4.69, 9.17) is 20.8 Å². The monoisotopic (exact) mass is 443 g/mol. The lowest BCUT2D eigenvalue weighted by atomic mass is 10.2. The van der Waals surface area contributed by atoms with Gasteiger partial charge in [0.1, 0.15) is 11.1 Å². The zero-order valence-electron chi connectivity index (χ0n) is 15.6. The van der Waals surface area contributed by atoms with E-state index in [9.17, 15) is 4.79 Å². The number of carbonyl (C=O) groups excluding carboxylic acids is 1. The van der Waals surface area contributed by atoms with Crippen LogP contribution in [0.1, 0.15) is 33.3 Å². The average molecular weight is 445 g/mol. The van der Waals surface area contributed by atoms with Gasteiger partial charge >= 0.3 is 6.09 Å². The summed E-state index contributed by atoms with van der Waals surface area (Å²) in [6.45, 7) is 11.3. The van der Waals surface area contributed by atoms with Gasteiger partial charge in [0.25, 0.3) is 6.01 Å². The molecule has 0 N–H and O–H groups in total. The quantitative estimate of drug-likeness (QED) is 0.619. The second-order valence-corrected chi connectivity index (χ2v) is 8.81.